The summed E-state index contributed by atoms with van der Waals surface area (Å²) in [7, 11) is 0. The third-order valence-corrected chi connectivity index (χ3v) is 5.46. The normalized spacial score (nSPS) is 11.5. The number of anilines is 2. The number of ether oxygens (including phenoxy) is 1. The van der Waals surface area contributed by atoms with E-state index in [4.69, 9.17) is 16.3 Å². The Morgan fingerprint density at radius 2 is 1.87 bits per heavy atom. The number of hydrogen-bond acceptors (Lipinski definition) is 4. The van der Waals surface area contributed by atoms with Gasteiger partial charge in [-0.2, -0.15) is 13.2 Å². The third kappa shape index (κ3) is 7.90. The average Bonchev–Trinajstić information content (AvgIpc) is 2.71. The van der Waals surface area contributed by atoms with Crippen molar-refractivity contribution < 1.29 is 22.7 Å². The van der Waals surface area contributed by atoms with Crippen LogP contribution in [0, 0.1) is 0 Å². The number of benzene rings is 2. The van der Waals surface area contributed by atoms with Crippen molar-refractivity contribution in [1.29, 1.82) is 0 Å². The molecule has 0 saturated carbocycles. The third-order valence-electron chi connectivity index (χ3n) is 4.51. The summed E-state index contributed by atoms with van der Waals surface area (Å²) in [6.45, 7) is 7.19. The van der Waals surface area contributed by atoms with E-state index in [1.807, 2.05) is 0 Å². The quantitative estimate of drug-likeness (QED) is 0.408. The van der Waals surface area contributed by atoms with Crippen molar-refractivity contribution in [3.63, 3.8) is 0 Å². The maximum absolute atomic E-state index is 12.7. The highest BCUT2D eigenvalue weighted by atomic mass is 79.9. The molecule has 0 unspecified atom stereocenters. The lowest BCUT2D eigenvalue weighted by Gasteiger charge is -2.18. The Hall–Kier alpha value is -1.97. The Balaban J connectivity index is 1.87. The number of carbonyl (C=O) groups excluding carboxylic acids is 1. The molecule has 2 N–H and O–H groups in total. The van der Waals surface area contributed by atoms with E-state index in [1.165, 1.54) is 6.07 Å². The first-order valence-corrected chi connectivity index (χ1v) is 10.9. The first-order chi connectivity index (χ1) is 14.6. The Morgan fingerprint density at radius 1 is 1.16 bits per heavy atom. The minimum Gasteiger partial charge on any atom is -0.491 e. The van der Waals surface area contributed by atoms with Gasteiger partial charge >= 0.3 is 6.18 Å². The number of hydrogen-bond donors (Lipinski definition) is 2. The molecule has 2 rings (SSSR count). The van der Waals surface area contributed by atoms with E-state index in [-0.39, 0.29) is 16.9 Å². The zero-order valence-electron chi connectivity index (χ0n) is 17.2. The number of carbonyl (C=O) groups is 1. The van der Waals surface area contributed by atoms with Gasteiger partial charge in [0.1, 0.15) is 12.4 Å². The standard InChI is InChI=1S/C21H24BrClF3N3O2/c1-3-29(4-2)9-10-31-19-8-6-15(12-17(19)23)28-20(30)13-27-18-7-5-14(11-16(18)22)21(24,25)26/h5-8,11-12,27H,3-4,9-10,13H2,1-2H3,(H,28,30). The fraction of sp³-hybridized carbons (Fsp3) is 0.381. The lowest BCUT2D eigenvalue weighted by molar-refractivity contribution is -0.137. The van der Waals surface area contributed by atoms with Gasteiger partial charge in [-0.15, -0.1) is 0 Å². The summed E-state index contributed by atoms with van der Waals surface area (Å²) in [5, 5.41) is 5.85. The maximum Gasteiger partial charge on any atom is 0.416 e. The second-order valence-electron chi connectivity index (χ2n) is 6.61. The van der Waals surface area contributed by atoms with Gasteiger partial charge in [0.05, 0.1) is 17.1 Å². The highest BCUT2D eigenvalue weighted by molar-refractivity contribution is 9.10. The Kier molecular flexibility index (Phi) is 9.46. The molecule has 0 fully saturated rings. The van der Waals surface area contributed by atoms with Gasteiger partial charge in [0.2, 0.25) is 5.91 Å². The molecule has 0 aromatic heterocycles. The minimum absolute atomic E-state index is 0.135. The van der Waals surface area contributed by atoms with Crippen LogP contribution in [0.1, 0.15) is 19.4 Å². The monoisotopic (exact) mass is 521 g/mol. The summed E-state index contributed by atoms with van der Waals surface area (Å²) >= 11 is 9.32. The lowest BCUT2D eigenvalue weighted by atomic mass is 10.2. The van der Waals surface area contributed by atoms with E-state index in [0.717, 1.165) is 31.8 Å². The molecular formula is C21H24BrClF3N3O2. The highest BCUT2D eigenvalue weighted by Crippen LogP contribution is 2.34. The molecule has 0 aliphatic heterocycles. The van der Waals surface area contributed by atoms with Gasteiger partial charge in [-0.25, -0.2) is 0 Å². The predicted molar refractivity (Wildman–Crippen MR) is 121 cm³/mol. The summed E-state index contributed by atoms with van der Waals surface area (Å²) < 4.78 is 44.1. The fourth-order valence-corrected chi connectivity index (χ4v) is 3.49. The van der Waals surface area contributed by atoms with E-state index < -0.39 is 11.7 Å². The number of halogens is 5. The van der Waals surface area contributed by atoms with Gasteiger partial charge < -0.3 is 20.3 Å². The van der Waals surface area contributed by atoms with Gasteiger partial charge in [0.15, 0.2) is 0 Å². The number of likely N-dealkylation sites (N-methyl/N-ethyl adjacent to an activating group) is 1. The first-order valence-electron chi connectivity index (χ1n) is 9.69. The van der Waals surface area contributed by atoms with Gasteiger partial charge in [0.25, 0.3) is 0 Å². The van der Waals surface area contributed by atoms with Gasteiger partial charge in [-0.3, -0.25) is 4.79 Å². The molecule has 2 aromatic rings. The molecule has 0 aliphatic rings. The Bertz CT molecular complexity index is 893. The molecule has 2 aromatic carbocycles. The summed E-state index contributed by atoms with van der Waals surface area (Å²) in [5.41, 5.74) is 0.0842. The average molecular weight is 523 g/mol. The minimum atomic E-state index is -4.43. The van der Waals surface area contributed by atoms with Crippen LogP contribution in [-0.2, 0) is 11.0 Å². The van der Waals surface area contributed by atoms with E-state index >= 15 is 0 Å². The van der Waals surface area contributed by atoms with Crippen LogP contribution < -0.4 is 15.4 Å². The van der Waals surface area contributed by atoms with Crippen molar-refractivity contribution in [2.24, 2.45) is 0 Å². The predicted octanol–water partition coefficient (Wildman–Crippen LogP) is 5.89. The summed E-state index contributed by atoms with van der Waals surface area (Å²) in [4.78, 5) is 14.4. The molecule has 1 amide bonds. The highest BCUT2D eigenvalue weighted by Gasteiger charge is 2.30. The molecule has 0 saturated heterocycles. The molecule has 0 radical (unpaired) electrons. The van der Waals surface area contributed by atoms with Crippen molar-refractivity contribution >= 4 is 44.8 Å². The van der Waals surface area contributed by atoms with Crippen LogP contribution in [-0.4, -0.2) is 43.6 Å². The van der Waals surface area contributed by atoms with Crippen LogP contribution in [0.25, 0.3) is 0 Å². The van der Waals surface area contributed by atoms with Crippen molar-refractivity contribution in [2.75, 3.05) is 43.4 Å². The molecule has 0 bridgehead atoms. The molecule has 5 nitrogen and oxygen atoms in total. The van der Waals surface area contributed by atoms with Gasteiger partial charge in [0, 0.05) is 22.4 Å². The summed E-state index contributed by atoms with van der Waals surface area (Å²) in [5.74, 6) is 0.150. The Morgan fingerprint density at radius 3 is 2.45 bits per heavy atom. The van der Waals surface area contributed by atoms with E-state index in [1.54, 1.807) is 18.2 Å². The number of alkyl halides is 3. The maximum atomic E-state index is 12.7. The van der Waals surface area contributed by atoms with Crippen molar-refractivity contribution in [3.8, 4) is 5.75 Å². The smallest absolute Gasteiger partial charge is 0.416 e. The van der Waals surface area contributed by atoms with E-state index in [9.17, 15) is 18.0 Å². The van der Waals surface area contributed by atoms with Crippen LogP contribution in [0.4, 0.5) is 24.5 Å². The van der Waals surface area contributed by atoms with Crippen LogP contribution in [0.3, 0.4) is 0 Å². The number of nitrogens with one attached hydrogen (secondary N) is 2. The van der Waals surface area contributed by atoms with Crippen molar-refractivity contribution in [2.45, 2.75) is 20.0 Å². The van der Waals surface area contributed by atoms with Crippen LogP contribution in [0.5, 0.6) is 5.75 Å². The SMILES string of the molecule is CCN(CC)CCOc1ccc(NC(=O)CNc2ccc(C(F)(F)F)cc2Br)cc1Cl. The van der Waals surface area contributed by atoms with Crippen molar-refractivity contribution in [1.82, 2.24) is 4.90 Å². The van der Waals surface area contributed by atoms with E-state index in [0.29, 0.717) is 28.8 Å². The second kappa shape index (κ2) is 11.6. The topological polar surface area (TPSA) is 53.6 Å². The Labute approximate surface area is 193 Å². The zero-order valence-corrected chi connectivity index (χ0v) is 19.5. The lowest BCUT2D eigenvalue weighted by Crippen LogP contribution is -2.27. The van der Waals surface area contributed by atoms with Crippen LogP contribution in [0.2, 0.25) is 5.02 Å². The fourth-order valence-electron chi connectivity index (χ4n) is 2.74. The molecular weight excluding hydrogens is 499 g/mol. The molecule has 0 aliphatic carbocycles. The van der Waals surface area contributed by atoms with Crippen LogP contribution >= 0.6 is 27.5 Å². The molecule has 0 atom stereocenters. The molecule has 170 valence electrons. The molecule has 0 heterocycles. The molecule has 31 heavy (non-hydrogen) atoms. The largest absolute Gasteiger partial charge is 0.491 e. The summed E-state index contributed by atoms with van der Waals surface area (Å²) in [6.07, 6.45) is -4.43. The first kappa shape index (κ1) is 25.3. The molecule has 10 heteroatoms. The van der Waals surface area contributed by atoms with E-state index in [2.05, 4.69) is 45.3 Å². The molecule has 0 spiro atoms. The zero-order chi connectivity index (χ0) is 23.0. The van der Waals surface area contributed by atoms with Gasteiger partial charge in [-0.05, 0) is 65.4 Å². The number of amides is 1. The second-order valence-corrected chi connectivity index (χ2v) is 7.88. The van der Waals surface area contributed by atoms with Gasteiger partial charge in [-0.1, -0.05) is 25.4 Å². The van der Waals surface area contributed by atoms with Crippen LogP contribution in [0.15, 0.2) is 40.9 Å². The number of rotatable bonds is 10. The van der Waals surface area contributed by atoms with Crippen molar-refractivity contribution in [3.05, 3.63) is 51.5 Å². The summed E-state index contributed by atoms with van der Waals surface area (Å²) in [6, 6.07) is 8.11. The number of nitrogens with zero attached hydrogens (tertiary/aromatic N) is 1.